The first-order valence-corrected chi connectivity index (χ1v) is 7.04. The van der Waals surface area contributed by atoms with E-state index in [1.54, 1.807) is 24.0 Å². The first-order valence-electron chi connectivity index (χ1n) is 7.04. The number of carbonyl (C=O) groups is 1. The monoisotopic (exact) mass is 309 g/mol. The van der Waals surface area contributed by atoms with E-state index in [2.05, 4.69) is 0 Å². The van der Waals surface area contributed by atoms with Gasteiger partial charge in [-0.05, 0) is 24.6 Å². The maximum Gasteiger partial charge on any atom is 0.410 e. The number of nitro groups is 1. The number of hydrogen-bond acceptors (Lipinski definition) is 6. The minimum atomic E-state index is -0.515. The van der Waals surface area contributed by atoms with Gasteiger partial charge in [-0.15, -0.1) is 0 Å². The maximum absolute atomic E-state index is 11.9. The molecule has 1 aromatic carbocycles. The lowest BCUT2D eigenvalue weighted by Crippen LogP contribution is -2.51. The maximum atomic E-state index is 11.9. The molecule has 0 aromatic heterocycles. The molecule has 1 aliphatic heterocycles. The van der Waals surface area contributed by atoms with E-state index in [0.29, 0.717) is 31.7 Å². The molecule has 1 heterocycles. The van der Waals surface area contributed by atoms with Crippen molar-refractivity contribution in [1.82, 2.24) is 9.80 Å². The zero-order valence-electron chi connectivity index (χ0n) is 12.3. The largest absolute Gasteiger partial charge is 0.445 e. The second-order valence-corrected chi connectivity index (χ2v) is 5.13. The van der Waals surface area contributed by atoms with E-state index in [1.807, 2.05) is 4.90 Å². The normalized spacial score (nSPS) is 17.1. The van der Waals surface area contributed by atoms with E-state index >= 15 is 0 Å². The highest BCUT2D eigenvalue weighted by Gasteiger charge is 2.23. The summed E-state index contributed by atoms with van der Waals surface area (Å²) in [6.07, 6.45) is -0.929. The van der Waals surface area contributed by atoms with E-state index in [4.69, 9.17) is 4.74 Å². The number of carbonyl (C=O) groups excluding carboxylic acids is 1. The van der Waals surface area contributed by atoms with E-state index < -0.39 is 17.2 Å². The summed E-state index contributed by atoms with van der Waals surface area (Å²) in [6.45, 7) is 3.98. The predicted octanol–water partition coefficient (Wildman–Crippen LogP) is 1.19. The van der Waals surface area contributed by atoms with Crippen molar-refractivity contribution in [3.63, 3.8) is 0 Å². The van der Waals surface area contributed by atoms with Crippen LogP contribution in [0.5, 0.6) is 0 Å². The zero-order valence-corrected chi connectivity index (χ0v) is 12.3. The first-order chi connectivity index (χ1) is 10.5. The fourth-order valence-electron chi connectivity index (χ4n) is 2.23. The summed E-state index contributed by atoms with van der Waals surface area (Å²) in [6, 6.07) is 5.89. The van der Waals surface area contributed by atoms with E-state index in [9.17, 15) is 20.0 Å². The molecule has 120 valence electrons. The van der Waals surface area contributed by atoms with Crippen molar-refractivity contribution >= 4 is 11.8 Å². The van der Waals surface area contributed by atoms with E-state index in [1.165, 1.54) is 12.1 Å². The van der Waals surface area contributed by atoms with Crippen LogP contribution in [0.1, 0.15) is 12.5 Å². The number of non-ortho nitro benzene ring substituents is 1. The summed E-state index contributed by atoms with van der Waals surface area (Å²) < 4.78 is 5.20. The Hall–Kier alpha value is -2.19. The Labute approximate surface area is 128 Å². The Morgan fingerprint density at radius 3 is 2.41 bits per heavy atom. The van der Waals surface area contributed by atoms with Crippen molar-refractivity contribution in [1.29, 1.82) is 0 Å². The van der Waals surface area contributed by atoms with Gasteiger partial charge >= 0.3 is 6.09 Å². The summed E-state index contributed by atoms with van der Waals surface area (Å²) in [5, 5.41) is 20.0. The van der Waals surface area contributed by atoms with Gasteiger partial charge in [0, 0.05) is 38.3 Å². The number of rotatable bonds is 4. The lowest BCUT2D eigenvalue weighted by atomic mass is 10.2. The molecule has 2 rings (SSSR count). The molecule has 1 atom stereocenters. The molecule has 8 heteroatoms. The molecule has 0 spiro atoms. The number of aliphatic hydroxyl groups is 1. The van der Waals surface area contributed by atoms with Gasteiger partial charge in [-0.3, -0.25) is 15.0 Å². The summed E-state index contributed by atoms with van der Waals surface area (Å²) >= 11 is 0. The van der Waals surface area contributed by atoms with Gasteiger partial charge in [0.15, 0.2) is 0 Å². The zero-order chi connectivity index (χ0) is 16.1. The van der Waals surface area contributed by atoms with Crippen molar-refractivity contribution < 1.29 is 19.6 Å². The van der Waals surface area contributed by atoms with Crippen molar-refractivity contribution in [2.24, 2.45) is 0 Å². The van der Waals surface area contributed by atoms with Gasteiger partial charge in [0.25, 0.3) is 5.69 Å². The van der Waals surface area contributed by atoms with E-state index in [-0.39, 0.29) is 12.3 Å². The molecule has 1 saturated heterocycles. The molecule has 0 aliphatic carbocycles. The molecule has 8 nitrogen and oxygen atoms in total. The standard InChI is InChI=1S/C14H19N3O5/c1-11(18)15-6-8-16(9-7-15)14(19)22-10-12-2-4-13(5-3-12)17(20)21/h2-5,11,18H,6-10H2,1H3. The van der Waals surface area contributed by atoms with Crippen molar-refractivity contribution in [2.75, 3.05) is 26.2 Å². The molecule has 22 heavy (non-hydrogen) atoms. The quantitative estimate of drug-likeness (QED) is 0.663. The van der Waals surface area contributed by atoms with Crippen LogP contribution >= 0.6 is 0 Å². The third-order valence-electron chi connectivity index (χ3n) is 3.61. The topological polar surface area (TPSA) is 96.2 Å². The van der Waals surface area contributed by atoms with Crippen LogP contribution in [0.2, 0.25) is 0 Å². The number of hydrogen-bond donors (Lipinski definition) is 1. The Morgan fingerprint density at radius 2 is 1.91 bits per heavy atom. The molecule has 0 bridgehead atoms. The highest BCUT2D eigenvalue weighted by Crippen LogP contribution is 2.13. The third-order valence-corrected chi connectivity index (χ3v) is 3.61. The SMILES string of the molecule is CC(O)N1CCN(C(=O)OCc2ccc([N+](=O)[O-])cc2)CC1. The van der Waals surface area contributed by atoms with Crippen LogP contribution in [0.15, 0.2) is 24.3 Å². The Kier molecular flexibility index (Phi) is 5.29. The highest BCUT2D eigenvalue weighted by atomic mass is 16.6. The van der Waals surface area contributed by atoms with Crippen LogP contribution in [-0.4, -0.2) is 58.3 Å². The molecule has 1 unspecified atom stereocenters. The summed E-state index contributed by atoms with van der Waals surface area (Å²) in [7, 11) is 0. The number of benzene rings is 1. The van der Waals surface area contributed by atoms with Crippen LogP contribution in [0.4, 0.5) is 10.5 Å². The lowest BCUT2D eigenvalue weighted by molar-refractivity contribution is -0.384. The number of ether oxygens (including phenoxy) is 1. The van der Waals surface area contributed by atoms with Gasteiger partial charge in [0.1, 0.15) is 12.8 Å². The number of amides is 1. The second kappa shape index (κ2) is 7.19. The second-order valence-electron chi connectivity index (χ2n) is 5.13. The van der Waals surface area contributed by atoms with Crippen LogP contribution < -0.4 is 0 Å². The summed E-state index contributed by atoms with van der Waals surface area (Å²) in [4.78, 5) is 25.5. The van der Waals surface area contributed by atoms with Gasteiger partial charge < -0.3 is 14.7 Å². The number of piperazine rings is 1. The Morgan fingerprint density at radius 1 is 1.32 bits per heavy atom. The summed E-state index contributed by atoms with van der Waals surface area (Å²) in [5.74, 6) is 0. The Balaban J connectivity index is 1.79. The number of nitro benzene ring substituents is 1. The van der Waals surface area contributed by atoms with Crippen LogP contribution in [0.3, 0.4) is 0 Å². The molecule has 0 radical (unpaired) electrons. The smallest absolute Gasteiger partial charge is 0.410 e. The molecular formula is C14H19N3O5. The van der Waals surface area contributed by atoms with Crippen LogP contribution in [0, 0.1) is 10.1 Å². The molecular weight excluding hydrogens is 290 g/mol. The minimum absolute atomic E-state index is 0.00400. The fraction of sp³-hybridized carbons (Fsp3) is 0.500. The minimum Gasteiger partial charge on any atom is -0.445 e. The molecule has 1 aliphatic rings. The van der Waals surface area contributed by atoms with Crippen molar-refractivity contribution in [3.8, 4) is 0 Å². The van der Waals surface area contributed by atoms with Crippen LogP contribution in [-0.2, 0) is 11.3 Å². The average molecular weight is 309 g/mol. The third kappa shape index (κ3) is 4.15. The van der Waals surface area contributed by atoms with Gasteiger partial charge in [0.2, 0.25) is 0 Å². The van der Waals surface area contributed by atoms with E-state index in [0.717, 1.165) is 0 Å². The highest BCUT2D eigenvalue weighted by molar-refractivity contribution is 5.67. The predicted molar refractivity (Wildman–Crippen MR) is 78.1 cm³/mol. The lowest BCUT2D eigenvalue weighted by Gasteiger charge is -2.35. The van der Waals surface area contributed by atoms with Gasteiger partial charge in [-0.25, -0.2) is 4.79 Å². The molecule has 0 saturated carbocycles. The van der Waals surface area contributed by atoms with Gasteiger partial charge in [0.05, 0.1) is 4.92 Å². The number of aliphatic hydroxyl groups excluding tert-OH is 1. The van der Waals surface area contributed by atoms with Gasteiger partial charge in [-0.1, -0.05) is 0 Å². The Bertz CT molecular complexity index is 524. The molecule has 1 amide bonds. The molecule has 1 N–H and O–H groups in total. The first kappa shape index (κ1) is 16.2. The fourth-order valence-corrected chi connectivity index (χ4v) is 2.23. The summed E-state index contributed by atoms with van der Waals surface area (Å²) in [5.41, 5.74) is 0.700. The average Bonchev–Trinajstić information content (AvgIpc) is 2.53. The van der Waals surface area contributed by atoms with Crippen molar-refractivity contribution in [2.45, 2.75) is 19.8 Å². The number of nitrogens with zero attached hydrogens (tertiary/aromatic N) is 3. The molecule has 1 aromatic rings. The van der Waals surface area contributed by atoms with Gasteiger partial charge in [-0.2, -0.15) is 0 Å². The van der Waals surface area contributed by atoms with Crippen LogP contribution in [0.25, 0.3) is 0 Å². The van der Waals surface area contributed by atoms with Crippen molar-refractivity contribution in [3.05, 3.63) is 39.9 Å². The molecule has 1 fully saturated rings.